The number of nitrogens with one attached hydrogen (secondary N) is 1. The number of halogens is 1. The maximum absolute atomic E-state index is 12.0. The molecule has 0 aliphatic rings. The largest absolute Gasteiger partial charge is 0.377 e. The van der Waals surface area contributed by atoms with E-state index in [1.165, 1.54) is 4.68 Å². The average molecular weight is 336 g/mol. The van der Waals surface area contributed by atoms with E-state index < -0.39 is 0 Å². The van der Waals surface area contributed by atoms with E-state index >= 15 is 0 Å². The highest BCUT2D eigenvalue weighted by Gasteiger charge is 2.08. The van der Waals surface area contributed by atoms with Gasteiger partial charge in [0.25, 0.3) is 5.56 Å². The lowest BCUT2D eigenvalue weighted by atomic mass is 10.4. The number of aromatic nitrogens is 4. The van der Waals surface area contributed by atoms with Crippen LogP contribution in [0.5, 0.6) is 0 Å². The Morgan fingerprint density at radius 1 is 1.40 bits per heavy atom. The molecule has 2 aromatic rings. The van der Waals surface area contributed by atoms with Crippen molar-refractivity contribution in [3.8, 4) is 0 Å². The molecular weight excluding hydrogens is 322 g/mol. The lowest BCUT2D eigenvalue weighted by molar-refractivity contribution is 0.648. The standard InChI is InChI=1S/C13H14BrN5O/c1-3-4-19-13(20)12(14)11(8-18-19)17-7-10-6-15-9(2)5-16-10/h3,5-6,8,17H,1,4,7H2,2H3. The Labute approximate surface area is 124 Å². The van der Waals surface area contributed by atoms with E-state index in [1.54, 1.807) is 24.7 Å². The molecule has 20 heavy (non-hydrogen) atoms. The molecule has 0 bridgehead atoms. The molecule has 0 aromatic carbocycles. The maximum Gasteiger partial charge on any atom is 0.283 e. The molecule has 0 radical (unpaired) electrons. The molecule has 0 fully saturated rings. The second-order valence-electron chi connectivity index (χ2n) is 4.15. The van der Waals surface area contributed by atoms with Crippen molar-refractivity contribution in [2.45, 2.75) is 20.0 Å². The molecule has 2 rings (SSSR count). The smallest absolute Gasteiger partial charge is 0.283 e. The first kappa shape index (κ1) is 14.4. The number of rotatable bonds is 5. The van der Waals surface area contributed by atoms with E-state index in [2.05, 4.69) is 42.9 Å². The van der Waals surface area contributed by atoms with Gasteiger partial charge in [0.15, 0.2) is 0 Å². The summed E-state index contributed by atoms with van der Waals surface area (Å²) in [6.45, 7) is 6.31. The van der Waals surface area contributed by atoms with Gasteiger partial charge in [-0.05, 0) is 22.9 Å². The molecule has 0 amide bonds. The van der Waals surface area contributed by atoms with Crippen LogP contribution in [-0.4, -0.2) is 19.7 Å². The number of allylic oxidation sites excluding steroid dienone is 1. The molecule has 7 heteroatoms. The van der Waals surface area contributed by atoms with Gasteiger partial charge in [0, 0.05) is 6.20 Å². The summed E-state index contributed by atoms with van der Waals surface area (Å²) in [5, 5.41) is 7.17. The van der Waals surface area contributed by atoms with Gasteiger partial charge in [-0.25, -0.2) is 4.68 Å². The quantitative estimate of drug-likeness (QED) is 0.845. The van der Waals surface area contributed by atoms with Crippen LogP contribution in [0.1, 0.15) is 11.4 Å². The Balaban J connectivity index is 2.14. The second-order valence-corrected chi connectivity index (χ2v) is 4.94. The molecule has 1 N–H and O–H groups in total. The van der Waals surface area contributed by atoms with Crippen LogP contribution in [0.4, 0.5) is 5.69 Å². The first-order valence-corrected chi connectivity index (χ1v) is 6.79. The van der Waals surface area contributed by atoms with Gasteiger partial charge in [-0.2, -0.15) is 5.10 Å². The summed E-state index contributed by atoms with van der Waals surface area (Å²) < 4.78 is 1.77. The summed E-state index contributed by atoms with van der Waals surface area (Å²) in [6.07, 6.45) is 6.61. The van der Waals surface area contributed by atoms with Crippen LogP contribution < -0.4 is 10.9 Å². The molecule has 0 spiro atoms. The summed E-state index contributed by atoms with van der Waals surface area (Å²) in [5.74, 6) is 0. The lowest BCUT2D eigenvalue weighted by Gasteiger charge is -2.09. The minimum absolute atomic E-state index is 0.204. The normalized spacial score (nSPS) is 10.3. The van der Waals surface area contributed by atoms with Gasteiger partial charge in [0.2, 0.25) is 0 Å². The van der Waals surface area contributed by atoms with Crippen molar-refractivity contribution < 1.29 is 0 Å². The van der Waals surface area contributed by atoms with Crippen LogP contribution in [-0.2, 0) is 13.1 Å². The van der Waals surface area contributed by atoms with E-state index in [-0.39, 0.29) is 5.56 Å². The molecule has 6 nitrogen and oxygen atoms in total. The van der Waals surface area contributed by atoms with E-state index in [1.807, 2.05) is 6.92 Å². The number of aryl methyl sites for hydroxylation is 1. The molecule has 2 aromatic heterocycles. The summed E-state index contributed by atoms with van der Waals surface area (Å²) in [4.78, 5) is 20.4. The van der Waals surface area contributed by atoms with Crippen molar-refractivity contribution in [3.05, 3.63) is 57.5 Å². The van der Waals surface area contributed by atoms with Gasteiger partial charge in [-0.15, -0.1) is 6.58 Å². The summed E-state index contributed by atoms with van der Waals surface area (Å²) in [7, 11) is 0. The molecule has 0 aliphatic heterocycles. The maximum atomic E-state index is 12.0. The summed E-state index contributed by atoms with van der Waals surface area (Å²) in [5.41, 5.74) is 2.07. The topological polar surface area (TPSA) is 72.7 Å². The third-order valence-electron chi connectivity index (χ3n) is 2.58. The van der Waals surface area contributed by atoms with Gasteiger partial charge in [0.1, 0.15) is 4.47 Å². The van der Waals surface area contributed by atoms with Crippen LogP contribution in [0, 0.1) is 6.92 Å². The van der Waals surface area contributed by atoms with Crippen molar-refractivity contribution in [1.82, 2.24) is 19.7 Å². The summed E-state index contributed by atoms with van der Waals surface area (Å²) in [6, 6.07) is 0. The molecule has 0 saturated carbocycles. The molecule has 0 atom stereocenters. The van der Waals surface area contributed by atoms with Gasteiger partial charge in [-0.3, -0.25) is 14.8 Å². The zero-order valence-corrected chi connectivity index (χ0v) is 12.6. The minimum Gasteiger partial charge on any atom is -0.377 e. The van der Waals surface area contributed by atoms with Gasteiger partial charge in [0.05, 0.1) is 42.6 Å². The molecule has 0 aliphatic carbocycles. The van der Waals surface area contributed by atoms with E-state index in [4.69, 9.17) is 0 Å². The van der Waals surface area contributed by atoms with Crippen molar-refractivity contribution >= 4 is 21.6 Å². The zero-order valence-electron chi connectivity index (χ0n) is 11.0. The lowest BCUT2D eigenvalue weighted by Crippen LogP contribution is -2.24. The van der Waals surface area contributed by atoms with Crippen molar-refractivity contribution in [2.75, 3.05) is 5.32 Å². The van der Waals surface area contributed by atoms with E-state index in [0.29, 0.717) is 23.2 Å². The fraction of sp³-hybridized carbons (Fsp3) is 0.231. The Bertz CT molecular complexity index is 665. The van der Waals surface area contributed by atoms with Crippen molar-refractivity contribution in [2.24, 2.45) is 0 Å². The van der Waals surface area contributed by atoms with Crippen molar-refractivity contribution in [3.63, 3.8) is 0 Å². The highest BCUT2D eigenvalue weighted by Crippen LogP contribution is 2.16. The molecule has 104 valence electrons. The third kappa shape index (κ3) is 3.30. The highest BCUT2D eigenvalue weighted by molar-refractivity contribution is 9.10. The Morgan fingerprint density at radius 3 is 2.85 bits per heavy atom. The Morgan fingerprint density at radius 2 is 2.20 bits per heavy atom. The van der Waals surface area contributed by atoms with Crippen LogP contribution in [0.2, 0.25) is 0 Å². The molecule has 0 unspecified atom stereocenters. The monoisotopic (exact) mass is 335 g/mol. The highest BCUT2D eigenvalue weighted by atomic mass is 79.9. The van der Waals surface area contributed by atoms with Crippen LogP contribution in [0.3, 0.4) is 0 Å². The Hall–Kier alpha value is -2.02. The van der Waals surface area contributed by atoms with Gasteiger partial charge >= 0.3 is 0 Å². The zero-order chi connectivity index (χ0) is 14.5. The van der Waals surface area contributed by atoms with E-state index in [9.17, 15) is 4.79 Å². The van der Waals surface area contributed by atoms with Crippen LogP contribution in [0.25, 0.3) is 0 Å². The number of hydrogen-bond donors (Lipinski definition) is 1. The number of anilines is 1. The van der Waals surface area contributed by atoms with Gasteiger partial charge in [-0.1, -0.05) is 6.08 Å². The number of nitrogens with zero attached hydrogens (tertiary/aromatic N) is 4. The molecule has 2 heterocycles. The fourth-order valence-electron chi connectivity index (χ4n) is 1.54. The predicted molar refractivity (Wildman–Crippen MR) is 80.5 cm³/mol. The van der Waals surface area contributed by atoms with Crippen LogP contribution >= 0.6 is 15.9 Å². The first-order valence-electron chi connectivity index (χ1n) is 5.99. The summed E-state index contributed by atoms with van der Waals surface area (Å²) >= 11 is 3.28. The SMILES string of the molecule is C=CCn1ncc(NCc2cnc(C)cn2)c(Br)c1=O. The second kappa shape index (κ2) is 6.42. The van der Waals surface area contributed by atoms with E-state index in [0.717, 1.165) is 11.4 Å². The Kier molecular flexibility index (Phi) is 4.62. The van der Waals surface area contributed by atoms with Crippen LogP contribution in [0.15, 0.2) is 40.5 Å². The number of hydrogen-bond acceptors (Lipinski definition) is 5. The minimum atomic E-state index is -0.204. The average Bonchev–Trinajstić information content (AvgIpc) is 2.45. The van der Waals surface area contributed by atoms with Gasteiger partial charge < -0.3 is 5.32 Å². The van der Waals surface area contributed by atoms with Crippen molar-refractivity contribution in [1.29, 1.82) is 0 Å². The fourth-order valence-corrected chi connectivity index (χ4v) is 1.98. The molecule has 0 saturated heterocycles. The molecular formula is C13H14BrN5O. The first-order chi connectivity index (χ1) is 9.61. The third-order valence-corrected chi connectivity index (χ3v) is 3.35. The predicted octanol–water partition coefficient (Wildman–Crippen LogP) is 1.90.